The van der Waals surface area contributed by atoms with Gasteiger partial charge in [-0.2, -0.15) is 10.1 Å². The molecule has 0 fully saturated rings. The topological polar surface area (TPSA) is 110 Å². The van der Waals surface area contributed by atoms with Gasteiger partial charge in [-0.05, 0) is 47.2 Å². The standard InChI is InChI=1S/C23H23FN8O2/c1-5-18(24)10-9-15(2)33-14-20-19(13-25-31(20)3)23-26-22(28-34-23)17-8-6-7-16(11-17)12-21-27-29-30-32(21)4/h5-11,13H,1,12,14H2,2-4H3/b15-9+,18-10+. The summed E-state index contributed by atoms with van der Waals surface area (Å²) in [5.74, 6) is 1.61. The Kier molecular flexibility index (Phi) is 6.72. The van der Waals surface area contributed by atoms with Crippen LogP contribution in [0.2, 0.25) is 0 Å². The van der Waals surface area contributed by atoms with Crippen LogP contribution < -0.4 is 0 Å². The van der Waals surface area contributed by atoms with Crippen molar-refractivity contribution >= 4 is 0 Å². The monoisotopic (exact) mass is 462 g/mol. The molecule has 174 valence electrons. The van der Waals surface area contributed by atoms with E-state index in [1.807, 2.05) is 24.3 Å². The smallest absolute Gasteiger partial charge is 0.261 e. The quantitative estimate of drug-likeness (QED) is 0.273. The minimum Gasteiger partial charge on any atom is -0.492 e. The Hall–Kier alpha value is -4.41. The molecule has 11 heteroatoms. The lowest BCUT2D eigenvalue weighted by Gasteiger charge is -2.07. The number of hydrogen-bond donors (Lipinski definition) is 0. The van der Waals surface area contributed by atoms with Gasteiger partial charge in [0.25, 0.3) is 5.89 Å². The number of benzene rings is 1. The van der Waals surface area contributed by atoms with Crippen molar-refractivity contribution in [1.82, 2.24) is 40.1 Å². The number of ether oxygens (including phenoxy) is 1. The second-order valence-electron chi connectivity index (χ2n) is 7.47. The maximum absolute atomic E-state index is 13.2. The number of aryl methyl sites for hydroxylation is 2. The maximum Gasteiger partial charge on any atom is 0.261 e. The van der Waals surface area contributed by atoms with Gasteiger partial charge in [0.2, 0.25) is 5.82 Å². The third-order valence-corrected chi connectivity index (χ3v) is 5.08. The van der Waals surface area contributed by atoms with Gasteiger partial charge < -0.3 is 9.26 Å². The minimum atomic E-state index is -0.445. The summed E-state index contributed by atoms with van der Waals surface area (Å²) in [5, 5.41) is 20.0. The summed E-state index contributed by atoms with van der Waals surface area (Å²) in [6.07, 6.45) is 6.15. The predicted molar refractivity (Wildman–Crippen MR) is 121 cm³/mol. The van der Waals surface area contributed by atoms with Crippen LogP contribution in [0.1, 0.15) is 24.0 Å². The minimum absolute atomic E-state index is 0.191. The van der Waals surface area contributed by atoms with E-state index in [0.29, 0.717) is 29.5 Å². The highest BCUT2D eigenvalue weighted by atomic mass is 19.1. The summed E-state index contributed by atoms with van der Waals surface area (Å²) in [4.78, 5) is 4.56. The van der Waals surface area contributed by atoms with Crippen LogP contribution >= 0.6 is 0 Å². The lowest BCUT2D eigenvalue weighted by molar-refractivity contribution is 0.193. The van der Waals surface area contributed by atoms with Gasteiger partial charge in [0.1, 0.15) is 12.4 Å². The number of rotatable bonds is 9. The van der Waals surface area contributed by atoms with Crippen molar-refractivity contribution < 1.29 is 13.7 Å². The first-order valence-corrected chi connectivity index (χ1v) is 10.4. The van der Waals surface area contributed by atoms with Crippen LogP contribution in [0.25, 0.3) is 22.8 Å². The van der Waals surface area contributed by atoms with Crippen molar-refractivity contribution in [3.63, 3.8) is 0 Å². The lowest BCUT2D eigenvalue weighted by Crippen LogP contribution is -2.02. The van der Waals surface area contributed by atoms with Crippen LogP contribution in [0.3, 0.4) is 0 Å². The Bertz CT molecular complexity index is 1360. The molecule has 1 aromatic carbocycles. The molecule has 0 N–H and O–H groups in total. The fourth-order valence-corrected chi connectivity index (χ4v) is 3.16. The van der Waals surface area contributed by atoms with Crippen molar-refractivity contribution in [3.05, 3.63) is 83.9 Å². The van der Waals surface area contributed by atoms with E-state index in [0.717, 1.165) is 28.7 Å². The molecule has 0 aliphatic carbocycles. The van der Waals surface area contributed by atoms with E-state index < -0.39 is 5.83 Å². The number of nitrogens with zero attached hydrogens (tertiary/aromatic N) is 8. The average Bonchev–Trinajstić information content (AvgIpc) is 3.57. The normalized spacial score (nSPS) is 12.2. The lowest BCUT2D eigenvalue weighted by atomic mass is 10.1. The number of hydrogen-bond acceptors (Lipinski definition) is 8. The molecular formula is C23H23FN8O2. The molecule has 10 nitrogen and oxygen atoms in total. The van der Waals surface area contributed by atoms with Crippen molar-refractivity contribution in [1.29, 1.82) is 0 Å². The molecule has 3 heterocycles. The number of halogens is 1. The molecule has 0 radical (unpaired) electrons. The summed E-state index contributed by atoms with van der Waals surface area (Å²) in [6.45, 7) is 5.30. The molecule has 0 aliphatic heterocycles. The molecule has 34 heavy (non-hydrogen) atoms. The second-order valence-corrected chi connectivity index (χ2v) is 7.47. The first-order valence-electron chi connectivity index (χ1n) is 10.4. The van der Waals surface area contributed by atoms with Gasteiger partial charge in [0.05, 0.1) is 23.2 Å². The van der Waals surface area contributed by atoms with E-state index >= 15 is 0 Å². The van der Waals surface area contributed by atoms with Crippen LogP contribution in [-0.4, -0.2) is 40.1 Å². The number of allylic oxidation sites excluding steroid dienone is 5. The van der Waals surface area contributed by atoms with Crippen LogP contribution in [0, 0.1) is 0 Å². The molecule has 0 bridgehead atoms. The number of aromatic nitrogens is 8. The Morgan fingerprint density at radius 2 is 2.09 bits per heavy atom. The Labute approximate surface area is 195 Å². The van der Waals surface area contributed by atoms with E-state index in [1.165, 1.54) is 12.2 Å². The third-order valence-electron chi connectivity index (χ3n) is 5.08. The summed E-state index contributed by atoms with van der Waals surface area (Å²) in [5.41, 5.74) is 3.21. The molecule has 0 spiro atoms. The molecular weight excluding hydrogens is 439 g/mol. The highest BCUT2D eigenvalue weighted by Gasteiger charge is 2.18. The molecule has 0 unspecified atom stereocenters. The van der Waals surface area contributed by atoms with E-state index in [9.17, 15) is 4.39 Å². The molecule has 4 rings (SSSR count). The summed E-state index contributed by atoms with van der Waals surface area (Å²) < 4.78 is 27.8. The van der Waals surface area contributed by atoms with E-state index in [4.69, 9.17) is 9.26 Å². The van der Waals surface area contributed by atoms with Gasteiger partial charge in [-0.15, -0.1) is 5.10 Å². The molecule has 0 saturated carbocycles. The van der Waals surface area contributed by atoms with Crippen LogP contribution in [0.15, 0.2) is 71.4 Å². The second kappa shape index (κ2) is 10.0. The highest BCUT2D eigenvalue weighted by Crippen LogP contribution is 2.26. The van der Waals surface area contributed by atoms with Crippen molar-refractivity contribution in [2.24, 2.45) is 14.1 Å². The molecule has 4 aromatic rings. The number of tetrazole rings is 1. The first kappa shape index (κ1) is 22.8. The zero-order valence-corrected chi connectivity index (χ0v) is 19.0. The molecule has 0 amide bonds. The van der Waals surface area contributed by atoms with Gasteiger partial charge in [-0.3, -0.25) is 4.68 Å². The van der Waals surface area contributed by atoms with Crippen LogP contribution in [0.4, 0.5) is 4.39 Å². The SMILES string of the molecule is C=C/C(F)=C\C=C(/C)OCc1c(-c2nc(-c3cccc(Cc4nnnn4C)c3)no2)cnn1C. The van der Waals surface area contributed by atoms with E-state index in [-0.39, 0.29) is 6.61 Å². The zero-order valence-electron chi connectivity index (χ0n) is 19.0. The van der Waals surface area contributed by atoms with Crippen molar-refractivity contribution in [2.45, 2.75) is 20.0 Å². The maximum atomic E-state index is 13.2. The van der Waals surface area contributed by atoms with Crippen molar-refractivity contribution in [3.8, 4) is 22.8 Å². The molecule has 0 saturated heterocycles. The molecule has 3 aromatic heterocycles. The zero-order chi connectivity index (χ0) is 24.1. The van der Waals surface area contributed by atoms with Gasteiger partial charge in [-0.1, -0.05) is 29.9 Å². The van der Waals surface area contributed by atoms with Gasteiger partial charge in [0.15, 0.2) is 5.82 Å². The predicted octanol–water partition coefficient (Wildman–Crippen LogP) is 3.71. The van der Waals surface area contributed by atoms with Gasteiger partial charge >= 0.3 is 0 Å². The summed E-state index contributed by atoms with van der Waals surface area (Å²) in [6, 6.07) is 7.79. The Balaban J connectivity index is 1.52. The largest absolute Gasteiger partial charge is 0.492 e. The average molecular weight is 462 g/mol. The summed E-state index contributed by atoms with van der Waals surface area (Å²) in [7, 11) is 3.59. The van der Waals surface area contributed by atoms with E-state index in [2.05, 4.69) is 37.3 Å². The highest BCUT2D eigenvalue weighted by molar-refractivity contribution is 5.61. The third kappa shape index (κ3) is 5.14. The Morgan fingerprint density at radius 1 is 1.24 bits per heavy atom. The van der Waals surface area contributed by atoms with E-state index in [1.54, 1.807) is 36.6 Å². The van der Waals surface area contributed by atoms with Crippen molar-refractivity contribution in [2.75, 3.05) is 0 Å². The summed E-state index contributed by atoms with van der Waals surface area (Å²) >= 11 is 0. The molecule has 0 atom stereocenters. The van der Waals surface area contributed by atoms with Gasteiger partial charge in [-0.25, -0.2) is 9.07 Å². The van der Waals surface area contributed by atoms with Crippen LogP contribution in [-0.2, 0) is 31.9 Å². The fraction of sp³-hybridized carbons (Fsp3) is 0.217. The first-order chi connectivity index (χ1) is 16.4. The van der Waals surface area contributed by atoms with Gasteiger partial charge in [0, 0.05) is 26.1 Å². The fourth-order valence-electron chi connectivity index (χ4n) is 3.16. The van der Waals surface area contributed by atoms with Crippen LogP contribution in [0.5, 0.6) is 0 Å². The Morgan fingerprint density at radius 3 is 2.85 bits per heavy atom. The molecule has 0 aliphatic rings.